The second kappa shape index (κ2) is 62.1. The van der Waals surface area contributed by atoms with Gasteiger partial charge in [0.2, 0.25) is 0 Å². The predicted octanol–water partition coefficient (Wildman–Crippen LogP) is 21.0. The Balaban J connectivity index is 4.49. The van der Waals surface area contributed by atoms with Crippen LogP contribution in [0, 0.1) is 0 Å². The van der Waals surface area contributed by atoms with Gasteiger partial charge in [0.15, 0.2) is 6.10 Å². The highest BCUT2D eigenvalue weighted by Crippen LogP contribution is 2.14. The van der Waals surface area contributed by atoms with Gasteiger partial charge < -0.3 is 14.2 Å². The van der Waals surface area contributed by atoms with E-state index >= 15 is 0 Å². The third-order valence-corrected chi connectivity index (χ3v) is 12.6. The Morgan fingerprint density at radius 3 is 0.920 bits per heavy atom. The molecule has 424 valence electrons. The maximum absolute atomic E-state index is 12.9. The molecule has 0 heterocycles. The number of carbonyl (C=O) groups is 3. The van der Waals surface area contributed by atoms with Gasteiger partial charge in [-0.05, 0) is 128 Å². The molecule has 0 aliphatic heterocycles. The standard InChI is InChI=1S/C69H112O6/c1-4-7-10-13-16-19-22-25-27-29-31-33-34-36-37-39-41-44-47-50-53-56-59-62-68(71)74-65-66(64-73-67(70)61-58-55-52-49-46-43-24-21-18-15-12-9-6-3)75-69(72)63-60-57-54-51-48-45-42-40-38-35-32-30-28-26-23-20-17-14-11-8-5-2/h7,10,12,15-16,19,21,23-27,30-33,36-37,41,44,50,53,66H,4-6,8-9,11,13-14,17-18,20,22,28-29,34-35,38-40,42-43,45-49,51-52,54-65H2,1-3H3/b10-7-,15-12-,19-16-,24-21-,26-23-,27-25-,32-30-,33-31-,37-36-,44-41-,53-50-. The molecule has 6 nitrogen and oxygen atoms in total. The highest BCUT2D eigenvalue weighted by Gasteiger charge is 2.19. The summed E-state index contributed by atoms with van der Waals surface area (Å²) < 4.78 is 16.8. The molecule has 75 heavy (non-hydrogen) atoms. The molecule has 6 heteroatoms. The molecule has 0 N–H and O–H groups in total. The number of esters is 3. The molecular formula is C69H112O6. The molecular weight excluding hydrogens is 925 g/mol. The minimum Gasteiger partial charge on any atom is -0.462 e. The van der Waals surface area contributed by atoms with Gasteiger partial charge in [-0.2, -0.15) is 0 Å². The van der Waals surface area contributed by atoms with Crippen molar-refractivity contribution < 1.29 is 28.6 Å². The molecule has 0 aromatic carbocycles. The molecule has 0 saturated carbocycles. The van der Waals surface area contributed by atoms with Crippen molar-refractivity contribution in [2.75, 3.05) is 13.2 Å². The van der Waals surface area contributed by atoms with Crippen LogP contribution in [0.15, 0.2) is 134 Å². The summed E-state index contributed by atoms with van der Waals surface area (Å²) in [6, 6.07) is 0. The van der Waals surface area contributed by atoms with Gasteiger partial charge in [0.05, 0.1) is 0 Å². The Labute approximate surface area is 462 Å². The number of hydrogen-bond acceptors (Lipinski definition) is 6. The van der Waals surface area contributed by atoms with Crippen molar-refractivity contribution in [1.82, 2.24) is 0 Å². The molecule has 0 spiro atoms. The van der Waals surface area contributed by atoms with Crippen LogP contribution in [0.5, 0.6) is 0 Å². The second-order valence-electron chi connectivity index (χ2n) is 19.9. The SMILES string of the molecule is CC/C=C\C/C=C\C/C=C\C/C=C\C/C=C\C/C=C\C/C=C\CCCC(=O)OCC(COC(=O)CCCCCCC/C=C\C/C=C\CCC)OC(=O)CCCCCCCCCCC/C=C\C/C=C\CCCCCCC. The van der Waals surface area contributed by atoms with Crippen molar-refractivity contribution in [3.8, 4) is 0 Å². The van der Waals surface area contributed by atoms with Gasteiger partial charge in [-0.15, -0.1) is 0 Å². The summed E-state index contributed by atoms with van der Waals surface area (Å²) in [7, 11) is 0. The zero-order valence-electron chi connectivity index (χ0n) is 48.5. The largest absolute Gasteiger partial charge is 0.462 e. The normalized spacial score (nSPS) is 13.1. The summed E-state index contributed by atoms with van der Waals surface area (Å²) in [6.45, 7) is 6.39. The predicted molar refractivity (Wildman–Crippen MR) is 325 cm³/mol. The van der Waals surface area contributed by atoms with Gasteiger partial charge in [-0.25, -0.2) is 0 Å². The molecule has 0 bridgehead atoms. The molecule has 1 atom stereocenters. The fourth-order valence-corrected chi connectivity index (χ4v) is 8.03. The smallest absolute Gasteiger partial charge is 0.306 e. The number of ether oxygens (including phenoxy) is 3. The van der Waals surface area contributed by atoms with E-state index in [1.54, 1.807) is 0 Å². The van der Waals surface area contributed by atoms with Crippen molar-refractivity contribution >= 4 is 17.9 Å². The fourth-order valence-electron chi connectivity index (χ4n) is 8.03. The zero-order chi connectivity index (χ0) is 54.3. The average Bonchev–Trinajstić information content (AvgIpc) is 3.41. The van der Waals surface area contributed by atoms with Crippen LogP contribution in [-0.4, -0.2) is 37.2 Å². The Kier molecular flexibility index (Phi) is 58.4. The molecule has 0 aromatic heterocycles. The molecule has 0 aromatic rings. The lowest BCUT2D eigenvalue weighted by molar-refractivity contribution is -0.167. The van der Waals surface area contributed by atoms with Gasteiger partial charge in [-0.3, -0.25) is 14.4 Å². The lowest BCUT2D eigenvalue weighted by atomic mass is 10.1. The highest BCUT2D eigenvalue weighted by atomic mass is 16.6. The molecule has 0 aliphatic carbocycles. The van der Waals surface area contributed by atoms with E-state index in [9.17, 15) is 14.4 Å². The summed E-state index contributed by atoms with van der Waals surface area (Å²) in [6.07, 6.45) is 87.4. The van der Waals surface area contributed by atoms with E-state index in [1.165, 1.54) is 89.9 Å². The maximum atomic E-state index is 12.9. The summed E-state index contributed by atoms with van der Waals surface area (Å²) >= 11 is 0. The number of carbonyl (C=O) groups excluding carboxylic acids is 3. The number of rotatable bonds is 54. The van der Waals surface area contributed by atoms with E-state index in [0.717, 1.165) is 128 Å². The van der Waals surface area contributed by atoms with E-state index < -0.39 is 6.10 Å². The molecule has 0 saturated heterocycles. The van der Waals surface area contributed by atoms with E-state index in [2.05, 4.69) is 154 Å². The first-order valence-corrected chi connectivity index (χ1v) is 30.7. The van der Waals surface area contributed by atoms with E-state index in [1.807, 2.05) is 0 Å². The van der Waals surface area contributed by atoms with Gasteiger partial charge in [-0.1, -0.05) is 251 Å². The Hall–Kier alpha value is -4.45. The lowest BCUT2D eigenvalue weighted by Crippen LogP contribution is -2.30. The third kappa shape index (κ3) is 60.3. The van der Waals surface area contributed by atoms with Gasteiger partial charge >= 0.3 is 17.9 Å². The summed E-state index contributed by atoms with van der Waals surface area (Å²) in [5.41, 5.74) is 0. The molecule has 0 rings (SSSR count). The topological polar surface area (TPSA) is 78.9 Å². The summed E-state index contributed by atoms with van der Waals surface area (Å²) in [5, 5.41) is 0. The van der Waals surface area contributed by atoms with Gasteiger partial charge in [0.1, 0.15) is 13.2 Å². The molecule has 1 unspecified atom stereocenters. The molecule has 0 radical (unpaired) electrons. The molecule has 0 aliphatic rings. The Morgan fingerprint density at radius 2 is 0.560 bits per heavy atom. The molecule has 0 amide bonds. The summed E-state index contributed by atoms with van der Waals surface area (Å²) in [4.78, 5) is 38.2. The second-order valence-corrected chi connectivity index (χ2v) is 19.9. The third-order valence-electron chi connectivity index (χ3n) is 12.6. The van der Waals surface area contributed by atoms with Crippen LogP contribution in [0.25, 0.3) is 0 Å². The van der Waals surface area contributed by atoms with E-state index in [4.69, 9.17) is 14.2 Å². The fraction of sp³-hybridized carbons (Fsp3) is 0.638. The van der Waals surface area contributed by atoms with Crippen LogP contribution in [0.2, 0.25) is 0 Å². The minimum absolute atomic E-state index is 0.109. The first-order valence-electron chi connectivity index (χ1n) is 30.7. The van der Waals surface area contributed by atoms with Gasteiger partial charge in [0.25, 0.3) is 0 Å². The first kappa shape index (κ1) is 70.5. The van der Waals surface area contributed by atoms with E-state index in [0.29, 0.717) is 19.3 Å². The number of unbranched alkanes of at least 4 members (excludes halogenated alkanes) is 21. The van der Waals surface area contributed by atoms with Crippen molar-refractivity contribution in [2.24, 2.45) is 0 Å². The van der Waals surface area contributed by atoms with Crippen molar-refractivity contribution in [3.63, 3.8) is 0 Å². The lowest BCUT2D eigenvalue weighted by Gasteiger charge is -2.18. The number of hydrogen-bond donors (Lipinski definition) is 0. The van der Waals surface area contributed by atoms with Crippen LogP contribution in [0.1, 0.15) is 265 Å². The zero-order valence-corrected chi connectivity index (χ0v) is 48.5. The minimum atomic E-state index is -0.816. The average molecular weight is 1040 g/mol. The van der Waals surface area contributed by atoms with Crippen LogP contribution in [-0.2, 0) is 28.6 Å². The van der Waals surface area contributed by atoms with Crippen LogP contribution >= 0.6 is 0 Å². The van der Waals surface area contributed by atoms with Crippen LogP contribution in [0.3, 0.4) is 0 Å². The Bertz CT molecular complexity index is 1620. The summed E-state index contributed by atoms with van der Waals surface area (Å²) in [5.74, 6) is -0.989. The van der Waals surface area contributed by atoms with Crippen molar-refractivity contribution in [1.29, 1.82) is 0 Å². The van der Waals surface area contributed by atoms with Crippen LogP contribution in [0.4, 0.5) is 0 Å². The van der Waals surface area contributed by atoms with Gasteiger partial charge in [0, 0.05) is 19.3 Å². The van der Waals surface area contributed by atoms with Crippen molar-refractivity contribution in [3.05, 3.63) is 134 Å². The van der Waals surface area contributed by atoms with Crippen LogP contribution < -0.4 is 0 Å². The monoisotopic (exact) mass is 1040 g/mol. The highest BCUT2D eigenvalue weighted by molar-refractivity contribution is 5.71. The van der Waals surface area contributed by atoms with E-state index in [-0.39, 0.29) is 37.5 Å². The first-order chi connectivity index (χ1) is 37.0. The Morgan fingerprint density at radius 1 is 0.280 bits per heavy atom. The molecule has 0 fully saturated rings. The van der Waals surface area contributed by atoms with Crippen molar-refractivity contribution in [2.45, 2.75) is 271 Å². The number of allylic oxidation sites excluding steroid dienone is 22. The maximum Gasteiger partial charge on any atom is 0.306 e. The quantitative estimate of drug-likeness (QED) is 0.0261.